The van der Waals surface area contributed by atoms with Crippen molar-refractivity contribution in [3.63, 3.8) is 0 Å². The molecule has 3 rings (SSSR count). The van der Waals surface area contributed by atoms with Gasteiger partial charge in [-0.05, 0) is 18.2 Å². The van der Waals surface area contributed by atoms with E-state index in [4.69, 9.17) is 19.0 Å². The molecule has 25 heavy (non-hydrogen) atoms. The van der Waals surface area contributed by atoms with Crippen LogP contribution in [0.15, 0.2) is 47.1 Å². The average molecular weight is 345 g/mol. The van der Waals surface area contributed by atoms with Crippen LogP contribution in [0.1, 0.15) is 22.5 Å². The molecule has 0 aliphatic carbocycles. The number of amides is 1. The Morgan fingerprint density at radius 2 is 2.04 bits per heavy atom. The van der Waals surface area contributed by atoms with E-state index in [1.54, 1.807) is 11.0 Å². The first-order valence-corrected chi connectivity index (χ1v) is 8.00. The van der Waals surface area contributed by atoms with Crippen LogP contribution in [0.5, 0.6) is 5.75 Å². The molecule has 0 bridgehead atoms. The molecule has 7 heteroatoms. The number of carboxylic acid groups (broad SMARTS) is 1. The third-order valence-corrected chi connectivity index (χ3v) is 3.91. The molecule has 1 aromatic carbocycles. The first-order valence-electron chi connectivity index (χ1n) is 8.00. The maximum Gasteiger partial charge on any atom is 0.306 e. The van der Waals surface area contributed by atoms with E-state index in [9.17, 15) is 9.59 Å². The van der Waals surface area contributed by atoms with E-state index in [0.717, 1.165) is 0 Å². The van der Waals surface area contributed by atoms with E-state index in [1.165, 1.54) is 6.26 Å². The average Bonchev–Trinajstić information content (AvgIpc) is 3.08. The van der Waals surface area contributed by atoms with Gasteiger partial charge in [-0.3, -0.25) is 9.59 Å². The maximum atomic E-state index is 12.7. The second kappa shape index (κ2) is 7.85. The predicted octanol–water partition coefficient (Wildman–Crippen LogP) is 2.17. The van der Waals surface area contributed by atoms with Crippen molar-refractivity contribution < 1.29 is 28.6 Å². The van der Waals surface area contributed by atoms with Crippen molar-refractivity contribution in [2.75, 3.05) is 19.7 Å². The highest BCUT2D eigenvalue weighted by atomic mass is 16.5. The standard InChI is InChI=1S/C18H19NO6/c20-16(21)10-15-11-19(7-9-23-15)18(22)17-13(6-8-24-17)12-25-14-4-2-1-3-5-14/h1-6,8,15H,7,9-12H2,(H,20,21)/t15-/m1/s1. The van der Waals surface area contributed by atoms with Crippen LogP contribution < -0.4 is 4.74 Å². The summed E-state index contributed by atoms with van der Waals surface area (Å²) in [5.74, 6) is -0.313. The Morgan fingerprint density at radius 3 is 2.80 bits per heavy atom. The van der Waals surface area contributed by atoms with Crippen LogP contribution in [-0.4, -0.2) is 47.7 Å². The van der Waals surface area contributed by atoms with E-state index in [0.29, 0.717) is 24.5 Å². The molecular formula is C18H19NO6. The number of furan rings is 1. The molecule has 1 N–H and O–H groups in total. The number of morpholine rings is 1. The Hall–Kier alpha value is -2.80. The lowest BCUT2D eigenvalue weighted by atomic mass is 10.2. The Kier molecular flexibility index (Phi) is 5.35. The largest absolute Gasteiger partial charge is 0.489 e. The minimum atomic E-state index is -0.950. The minimum Gasteiger partial charge on any atom is -0.489 e. The van der Waals surface area contributed by atoms with Crippen molar-refractivity contribution in [2.24, 2.45) is 0 Å². The first kappa shape index (κ1) is 17.0. The fourth-order valence-corrected chi connectivity index (χ4v) is 2.68. The third kappa shape index (κ3) is 4.39. The van der Waals surface area contributed by atoms with Gasteiger partial charge >= 0.3 is 5.97 Å². The van der Waals surface area contributed by atoms with Crippen molar-refractivity contribution in [2.45, 2.75) is 19.1 Å². The molecule has 7 nitrogen and oxygen atoms in total. The van der Waals surface area contributed by atoms with Crippen LogP contribution in [0, 0.1) is 0 Å². The van der Waals surface area contributed by atoms with Crippen molar-refractivity contribution in [1.82, 2.24) is 4.90 Å². The minimum absolute atomic E-state index is 0.133. The van der Waals surface area contributed by atoms with Crippen molar-refractivity contribution in [3.05, 3.63) is 54.0 Å². The van der Waals surface area contributed by atoms with Crippen LogP contribution in [-0.2, 0) is 16.1 Å². The maximum absolute atomic E-state index is 12.7. The number of carbonyl (C=O) groups excluding carboxylic acids is 1. The van der Waals surface area contributed by atoms with Crippen LogP contribution in [0.2, 0.25) is 0 Å². The van der Waals surface area contributed by atoms with Gasteiger partial charge in [-0.25, -0.2) is 0 Å². The predicted molar refractivity (Wildman–Crippen MR) is 87.4 cm³/mol. The van der Waals surface area contributed by atoms with E-state index in [1.807, 2.05) is 30.3 Å². The van der Waals surface area contributed by atoms with Gasteiger partial charge in [0.2, 0.25) is 0 Å². The Labute approximate surface area is 144 Å². The van der Waals surface area contributed by atoms with E-state index < -0.39 is 12.1 Å². The summed E-state index contributed by atoms with van der Waals surface area (Å²) in [4.78, 5) is 25.1. The lowest BCUT2D eigenvalue weighted by Crippen LogP contribution is -2.46. The molecule has 1 aliphatic heterocycles. The molecule has 132 valence electrons. The molecular weight excluding hydrogens is 326 g/mol. The lowest BCUT2D eigenvalue weighted by molar-refractivity contribution is -0.141. The molecule has 1 saturated heterocycles. The number of benzene rings is 1. The smallest absolute Gasteiger partial charge is 0.306 e. The van der Waals surface area contributed by atoms with Gasteiger partial charge in [0.05, 0.1) is 25.4 Å². The third-order valence-electron chi connectivity index (χ3n) is 3.91. The number of hydrogen-bond acceptors (Lipinski definition) is 5. The molecule has 0 radical (unpaired) electrons. The van der Waals surface area contributed by atoms with Crippen LogP contribution >= 0.6 is 0 Å². The van der Waals surface area contributed by atoms with Crippen LogP contribution in [0.3, 0.4) is 0 Å². The quantitative estimate of drug-likeness (QED) is 0.863. The second-order valence-electron chi connectivity index (χ2n) is 5.72. The van der Waals surface area contributed by atoms with Gasteiger partial charge in [-0.1, -0.05) is 18.2 Å². The highest BCUT2D eigenvalue weighted by molar-refractivity contribution is 5.93. The van der Waals surface area contributed by atoms with E-state index in [2.05, 4.69) is 0 Å². The molecule has 2 aromatic rings. The summed E-state index contributed by atoms with van der Waals surface area (Å²) in [6.07, 6.45) is 0.812. The van der Waals surface area contributed by atoms with Gasteiger partial charge in [-0.15, -0.1) is 0 Å². The SMILES string of the molecule is O=C(O)C[C@@H]1CN(C(=O)c2occc2COc2ccccc2)CCO1. The van der Waals surface area contributed by atoms with E-state index >= 15 is 0 Å². The normalized spacial score (nSPS) is 17.3. The molecule has 1 fully saturated rings. The molecule has 1 atom stereocenters. The number of ether oxygens (including phenoxy) is 2. The van der Waals surface area contributed by atoms with Gasteiger partial charge < -0.3 is 23.9 Å². The number of aliphatic carboxylic acids is 1. The number of carbonyl (C=O) groups is 2. The summed E-state index contributed by atoms with van der Waals surface area (Å²) in [6.45, 7) is 1.14. The summed E-state index contributed by atoms with van der Waals surface area (Å²) in [7, 11) is 0. The zero-order chi connectivity index (χ0) is 17.6. The zero-order valence-corrected chi connectivity index (χ0v) is 13.6. The molecule has 1 aliphatic rings. The molecule has 1 amide bonds. The molecule has 0 spiro atoms. The van der Waals surface area contributed by atoms with Crippen LogP contribution in [0.25, 0.3) is 0 Å². The van der Waals surface area contributed by atoms with Crippen molar-refractivity contribution >= 4 is 11.9 Å². The van der Waals surface area contributed by atoms with Gasteiger partial charge in [0.15, 0.2) is 5.76 Å². The fourth-order valence-electron chi connectivity index (χ4n) is 2.68. The van der Waals surface area contributed by atoms with Gasteiger partial charge in [0.25, 0.3) is 5.91 Å². The molecule has 2 heterocycles. The Bertz CT molecular complexity index is 726. The van der Waals surface area contributed by atoms with Gasteiger partial charge in [-0.2, -0.15) is 0 Å². The summed E-state index contributed by atoms with van der Waals surface area (Å²) in [5.41, 5.74) is 0.648. The lowest BCUT2D eigenvalue weighted by Gasteiger charge is -2.31. The fraction of sp³-hybridized carbons (Fsp3) is 0.333. The summed E-state index contributed by atoms with van der Waals surface area (Å²) >= 11 is 0. The summed E-state index contributed by atoms with van der Waals surface area (Å²) in [6, 6.07) is 11.0. The number of hydrogen-bond donors (Lipinski definition) is 1. The zero-order valence-electron chi connectivity index (χ0n) is 13.6. The second-order valence-corrected chi connectivity index (χ2v) is 5.72. The number of para-hydroxylation sites is 1. The first-order chi connectivity index (χ1) is 12.1. The Balaban J connectivity index is 1.64. The highest BCUT2D eigenvalue weighted by Crippen LogP contribution is 2.19. The molecule has 0 unspecified atom stereocenters. The highest BCUT2D eigenvalue weighted by Gasteiger charge is 2.29. The van der Waals surface area contributed by atoms with Crippen molar-refractivity contribution in [3.8, 4) is 5.75 Å². The van der Waals surface area contributed by atoms with Gasteiger partial charge in [0, 0.05) is 18.7 Å². The molecule has 0 saturated carbocycles. The summed E-state index contributed by atoms with van der Waals surface area (Å²) in [5, 5.41) is 8.88. The van der Waals surface area contributed by atoms with Crippen LogP contribution in [0.4, 0.5) is 0 Å². The monoisotopic (exact) mass is 345 g/mol. The van der Waals surface area contributed by atoms with Gasteiger partial charge in [0.1, 0.15) is 12.4 Å². The number of nitrogens with zero attached hydrogens (tertiary/aromatic N) is 1. The topological polar surface area (TPSA) is 89.2 Å². The summed E-state index contributed by atoms with van der Waals surface area (Å²) < 4.78 is 16.4. The Morgan fingerprint density at radius 1 is 1.24 bits per heavy atom. The van der Waals surface area contributed by atoms with Crippen molar-refractivity contribution in [1.29, 1.82) is 0 Å². The van der Waals surface area contributed by atoms with E-state index in [-0.39, 0.29) is 31.2 Å². The molecule has 1 aromatic heterocycles. The number of carboxylic acids is 1. The number of rotatable bonds is 6.